The summed E-state index contributed by atoms with van der Waals surface area (Å²) < 4.78 is 5.62. The zero-order chi connectivity index (χ0) is 13.0. The molecule has 1 aromatic rings. The van der Waals surface area contributed by atoms with Crippen LogP contribution in [0.25, 0.3) is 0 Å². The summed E-state index contributed by atoms with van der Waals surface area (Å²) in [5, 5.41) is 0. The molecule has 1 aliphatic rings. The van der Waals surface area contributed by atoms with Gasteiger partial charge in [-0.25, -0.2) is 5.84 Å². The maximum atomic E-state index is 11.5. The molecule has 3 N–H and O–H groups in total. The van der Waals surface area contributed by atoms with Gasteiger partial charge in [0.25, 0.3) is 5.91 Å². The minimum absolute atomic E-state index is 0.297. The van der Waals surface area contributed by atoms with Gasteiger partial charge in [-0.15, -0.1) is 0 Å². The highest BCUT2D eigenvalue weighted by atomic mass is 32.2. The van der Waals surface area contributed by atoms with E-state index in [4.69, 9.17) is 10.3 Å². The van der Waals surface area contributed by atoms with Crippen LogP contribution in [0.5, 0.6) is 0 Å². The van der Waals surface area contributed by atoms with Crippen molar-refractivity contribution in [3.63, 3.8) is 0 Å². The number of amides is 1. The standard InChI is InChI=1S/C12H19N3O2S/c1-9-11(12(16)14-13)7-10(17-9)8-15-3-2-5-18-6-4-15/h7H,2-6,8,13H2,1H3,(H,14,16). The lowest BCUT2D eigenvalue weighted by Crippen LogP contribution is -2.30. The molecule has 1 fully saturated rings. The monoisotopic (exact) mass is 269 g/mol. The van der Waals surface area contributed by atoms with E-state index >= 15 is 0 Å². The second-order valence-corrected chi connectivity index (χ2v) is 5.62. The van der Waals surface area contributed by atoms with E-state index < -0.39 is 0 Å². The number of nitrogens with one attached hydrogen (secondary N) is 1. The predicted molar refractivity (Wildman–Crippen MR) is 72.3 cm³/mol. The summed E-state index contributed by atoms with van der Waals surface area (Å²) in [6.45, 7) is 4.71. The SMILES string of the molecule is Cc1oc(CN2CCCSCC2)cc1C(=O)NN. The largest absolute Gasteiger partial charge is 0.464 e. The number of hydrogen-bond acceptors (Lipinski definition) is 5. The zero-order valence-corrected chi connectivity index (χ0v) is 11.4. The number of hydrazine groups is 1. The summed E-state index contributed by atoms with van der Waals surface area (Å²) in [6, 6.07) is 1.79. The summed E-state index contributed by atoms with van der Waals surface area (Å²) >= 11 is 1.99. The lowest BCUT2D eigenvalue weighted by atomic mass is 10.2. The third-order valence-electron chi connectivity index (χ3n) is 3.04. The number of carbonyl (C=O) groups is 1. The third-order valence-corrected chi connectivity index (χ3v) is 4.09. The average Bonchev–Trinajstić information content (AvgIpc) is 2.57. The number of carbonyl (C=O) groups excluding carboxylic acids is 1. The quantitative estimate of drug-likeness (QED) is 0.489. The minimum Gasteiger partial charge on any atom is -0.464 e. The third kappa shape index (κ3) is 3.28. The first-order valence-electron chi connectivity index (χ1n) is 6.11. The van der Waals surface area contributed by atoms with Gasteiger partial charge in [-0.2, -0.15) is 11.8 Å². The molecule has 1 aromatic heterocycles. The fraction of sp³-hybridized carbons (Fsp3) is 0.583. The molecule has 1 amide bonds. The van der Waals surface area contributed by atoms with Crippen molar-refractivity contribution >= 4 is 17.7 Å². The maximum Gasteiger partial charge on any atom is 0.268 e. The maximum absolute atomic E-state index is 11.5. The van der Waals surface area contributed by atoms with Crippen molar-refractivity contribution in [2.45, 2.75) is 19.9 Å². The van der Waals surface area contributed by atoms with Crippen molar-refractivity contribution in [2.24, 2.45) is 5.84 Å². The summed E-state index contributed by atoms with van der Waals surface area (Å²) in [4.78, 5) is 13.8. The molecule has 18 heavy (non-hydrogen) atoms. The van der Waals surface area contributed by atoms with Crippen LogP contribution in [-0.2, 0) is 6.54 Å². The van der Waals surface area contributed by atoms with Crippen LogP contribution in [0.3, 0.4) is 0 Å². The van der Waals surface area contributed by atoms with Crippen molar-refractivity contribution in [2.75, 3.05) is 24.6 Å². The van der Waals surface area contributed by atoms with Crippen molar-refractivity contribution in [1.29, 1.82) is 0 Å². The number of aryl methyl sites for hydroxylation is 1. The van der Waals surface area contributed by atoms with E-state index in [0.29, 0.717) is 11.3 Å². The van der Waals surface area contributed by atoms with Gasteiger partial charge < -0.3 is 4.42 Å². The molecule has 2 rings (SSSR count). The first-order chi connectivity index (χ1) is 8.70. The predicted octanol–water partition coefficient (Wildman–Crippen LogP) is 1.13. The molecule has 6 heteroatoms. The number of nitrogen functional groups attached to an aromatic ring is 1. The summed E-state index contributed by atoms with van der Waals surface area (Å²) in [7, 11) is 0. The van der Waals surface area contributed by atoms with E-state index in [9.17, 15) is 4.79 Å². The first kappa shape index (κ1) is 13.5. The topological polar surface area (TPSA) is 71.5 Å². The van der Waals surface area contributed by atoms with Crippen LogP contribution >= 0.6 is 11.8 Å². The van der Waals surface area contributed by atoms with Gasteiger partial charge in [-0.1, -0.05) is 0 Å². The Bertz CT molecular complexity index is 411. The summed E-state index contributed by atoms with van der Waals surface area (Å²) in [5.41, 5.74) is 2.66. The van der Waals surface area contributed by atoms with Crippen LogP contribution in [0.4, 0.5) is 0 Å². The van der Waals surface area contributed by atoms with Crippen LogP contribution in [0, 0.1) is 6.92 Å². The second kappa shape index (κ2) is 6.26. The van der Waals surface area contributed by atoms with Crippen molar-refractivity contribution < 1.29 is 9.21 Å². The molecule has 0 aliphatic carbocycles. The van der Waals surface area contributed by atoms with Gasteiger partial charge in [-0.05, 0) is 31.7 Å². The van der Waals surface area contributed by atoms with Crippen LogP contribution in [0.1, 0.15) is 28.3 Å². The highest BCUT2D eigenvalue weighted by Crippen LogP contribution is 2.18. The molecular formula is C12H19N3O2S. The average molecular weight is 269 g/mol. The Morgan fingerprint density at radius 1 is 1.56 bits per heavy atom. The Morgan fingerprint density at radius 3 is 3.17 bits per heavy atom. The van der Waals surface area contributed by atoms with Gasteiger partial charge in [0.1, 0.15) is 11.5 Å². The van der Waals surface area contributed by atoms with Gasteiger partial charge in [0.2, 0.25) is 0 Å². The zero-order valence-electron chi connectivity index (χ0n) is 10.6. The fourth-order valence-corrected chi connectivity index (χ4v) is 3.03. The number of hydrogen-bond donors (Lipinski definition) is 2. The molecule has 0 saturated carbocycles. The molecule has 0 spiro atoms. The highest BCUT2D eigenvalue weighted by molar-refractivity contribution is 7.99. The van der Waals surface area contributed by atoms with Crippen molar-refractivity contribution in [3.05, 3.63) is 23.2 Å². The first-order valence-corrected chi connectivity index (χ1v) is 7.26. The molecule has 1 aliphatic heterocycles. The van der Waals surface area contributed by atoms with Gasteiger partial charge in [-0.3, -0.25) is 15.1 Å². The molecule has 0 atom stereocenters. The Labute approximate surface area is 111 Å². The van der Waals surface area contributed by atoms with E-state index in [1.807, 2.05) is 11.8 Å². The van der Waals surface area contributed by atoms with E-state index in [1.165, 1.54) is 12.2 Å². The molecule has 2 heterocycles. The molecule has 0 radical (unpaired) electrons. The normalized spacial score (nSPS) is 17.4. The van der Waals surface area contributed by atoms with E-state index in [0.717, 1.165) is 31.1 Å². The Morgan fingerprint density at radius 2 is 2.39 bits per heavy atom. The molecule has 1 saturated heterocycles. The molecule has 5 nitrogen and oxygen atoms in total. The number of nitrogens with zero attached hydrogens (tertiary/aromatic N) is 1. The van der Waals surface area contributed by atoms with Gasteiger partial charge in [0.05, 0.1) is 12.1 Å². The Hall–Kier alpha value is -0.980. The molecule has 0 unspecified atom stereocenters. The second-order valence-electron chi connectivity index (χ2n) is 4.40. The molecule has 0 aromatic carbocycles. The molecular weight excluding hydrogens is 250 g/mol. The molecule has 100 valence electrons. The van der Waals surface area contributed by atoms with Crippen LogP contribution in [-0.4, -0.2) is 35.4 Å². The van der Waals surface area contributed by atoms with Gasteiger partial charge >= 0.3 is 0 Å². The number of furan rings is 1. The van der Waals surface area contributed by atoms with E-state index in [2.05, 4.69) is 10.3 Å². The van der Waals surface area contributed by atoms with E-state index in [-0.39, 0.29) is 5.91 Å². The van der Waals surface area contributed by atoms with Crippen molar-refractivity contribution in [3.8, 4) is 0 Å². The smallest absolute Gasteiger partial charge is 0.268 e. The summed E-state index contributed by atoms with van der Waals surface area (Å²) in [5.74, 6) is 8.68. The number of thioether (sulfide) groups is 1. The summed E-state index contributed by atoms with van der Waals surface area (Å²) in [6.07, 6.45) is 1.21. The number of rotatable bonds is 3. The van der Waals surface area contributed by atoms with Crippen molar-refractivity contribution in [1.82, 2.24) is 10.3 Å². The lowest BCUT2D eigenvalue weighted by molar-refractivity contribution is 0.0952. The Kier molecular flexibility index (Phi) is 4.68. The highest BCUT2D eigenvalue weighted by Gasteiger charge is 2.16. The van der Waals surface area contributed by atoms with Gasteiger partial charge in [0.15, 0.2) is 0 Å². The Balaban J connectivity index is 2.02. The van der Waals surface area contributed by atoms with Gasteiger partial charge in [0, 0.05) is 12.3 Å². The van der Waals surface area contributed by atoms with Crippen LogP contribution in [0.2, 0.25) is 0 Å². The van der Waals surface area contributed by atoms with Crippen LogP contribution < -0.4 is 11.3 Å². The number of nitrogens with two attached hydrogens (primary N) is 1. The minimum atomic E-state index is -0.297. The van der Waals surface area contributed by atoms with E-state index in [1.54, 1.807) is 13.0 Å². The van der Waals surface area contributed by atoms with Crippen LogP contribution in [0.15, 0.2) is 10.5 Å². The fourth-order valence-electron chi connectivity index (χ4n) is 2.10. The molecule has 0 bridgehead atoms. The lowest BCUT2D eigenvalue weighted by Gasteiger charge is -2.17.